The van der Waals surface area contributed by atoms with Gasteiger partial charge in [0.2, 0.25) is 0 Å². The van der Waals surface area contributed by atoms with Crippen molar-refractivity contribution < 1.29 is 0 Å². The predicted molar refractivity (Wildman–Crippen MR) is 246 cm³/mol. The molecule has 12 aromatic rings. The third-order valence-corrected chi connectivity index (χ3v) is 14.1. The summed E-state index contributed by atoms with van der Waals surface area (Å²) in [5.41, 5.74) is 10.1. The Hall–Kier alpha value is -6.58. The Bertz CT molecular complexity index is 3360. The quantitative estimate of drug-likeness (QED) is 0.157. The van der Waals surface area contributed by atoms with Gasteiger partial charge in [-0.3, -0.25) is 0 Å². The monoisotopic (exact) mass is 744 g/mol. The molecule has 0 bridgehead atoms. The number of hydrogen-bond acceptors (Lipinski definition) is 2. The summed E-state index contributed by atoms with van der Waals surface area (Å²) >= 11 is 3.80. The lowest BCUT2D eigenvalue weighted by Crippen LogP contribution is -1.92. The van der Waals surface area contributed by atoms with E-state index in [1.807, 2.05) is 22.7 Å². The normalized spacial score (nSPS) is 11.9. The fraction of sp³-hybridized carbons (Fsp3) is 0. The average Bonchev–Trinajstić information content (AvgIpc) is 3.84. The molecule has 2 heterocycles. The first-order chi connectivity index (χ1) is 27.8. The Balaban J connectivity index is 1.23. The van der Waals surface area contributed by atoms with Crippen LogP contribution in [0.3, 0.4) is 0 Å². The van der Waals surface area contributed by atoms with Gasteiger partial charge in [-0.1, -0.05) is 164 Å². The zero-order valence-corrected chi connectivity index (χ0v) is 31.9. The van der Waals surface area contributed by atoms with E-state index in [1.165, 1.54) is 117 Å². The number of benzene rings is 10. The smallest absolute Gasteiger partial charge is 0.0434 e. The highest BCUT2D eigenvalue weighted by Gasteiger charge is 2.20. The van der Waals surface area contributed by atoms with Crippen molar-refractivity contribution >= 4 is 95.3 Å². The lowest BCUT2D eigenvalue weighted by molar-refractivity contribution is 1.64. The molecular formula is C54H32S2. The largest absolute Gasteiger partial charge is 0.135 e. The number of rotatable bonds is 4. The van der Waals surface area contributed by atoms with Crippen LogP contribution in [0.2, 0.25) is 0 Å². The van der Waals surface area contributed by atoms with E-state index in [0.29, 0.717) is 0 Å². The lowest BCUT2D eigenvalue weighted by Gasteiger charge is -2.19. The SMILES string of the molecule is c1ccc(-c2cc(-c3c4cccc(-c5cccc6c5sc5ccccc56)c4cc4c(-c5cccc6c5sc5ccccc56)cccc34)cc3ccccc23)cc1. The van der Waals surface area contributed by atoms with Crippen LogP contribution in [0.15, 0.2) is 194 Å². The Kier molecular flexibility index (Phi) is 7.07. The predicted octanol–water partition coefficient (Wildman–Crippen LogP) is 16.5. The fourth-order valence-electron chi connectivity index (χ4n) is 9.18. The van der Waals surface area contributed by atoms with Crippen molar-refractivity contribution in [2.24, 2.45) is 0 Å². The maximum atomic E-state index is 2.50. The third kappa shape index (κ3) is 4.77. The van der Waals surface area contributed by atoms with Crippen LogP contribution in [0.5, 0.6) is 0 Å². The number of hydrogen-bond donors (Lipinski definition) is 0. The second kappa shape index (κ2) is 12.5. The van der Waals surface area contributed by atoms with Crippen molar-refractivity contribution in [2.75, 3.05) is 0 Å². The van der Waals surface area contributed by atoms with E-state index in [0.717, 1.165) is 0 Å². The first kappa shape index (κ1) is 31.7. The number of fused-ring (bicyclic) bond motifs is 9. The molecule has 0 atom stereocenters. The van der Waals surface area contributed by atoms with Crippen LogP contribution in [0.4, 0.5) is 0 Å². The van der Waals surface area contributed by atoms with Crippen LogP contribution in [0.1, 0.15) is 0 Å². The molecule has 10 aromatic carbocycles. The van der Waals surface area contributed by atoms with Gasteiger partial charge in [0.25, 0.3) is 0 Å². The maximum absolute atomic E-state index is 2.50. The molecule has 0 unspecified atom stereocenters. The molecule has 0 radical (unpaired) electrons. The van der Waals surface area contributed by atoms with Gasteiger partial charge >= 0.3 is 0 Å². The molecule has 0 aliphatic carbocycles. The van der Waals surface area contributed by atoms with E-state index in [1.54, 1.807) is 0 Å². The molecule has 0 saturated heterocycles. The van der Waals surface area contributed by atoms with Gasteiger partial charge in [-0.25, -0.2) is 0 Å². The Morgan fingerprint density at radius 3 is 1.30 bits per heavy atom. The van der Waals surface area contributed by atoms with Crippen molar-refractivity contribution in [2.45, 2.75) is 0 Å². The minimum absolute atomic E-state index is 1.23. The summed E-state index contributed by atoms with van der Waals surface area (Å²) in [5.74, 6) is 0. The molecule has 2 heteroatoms. The van der Waals surface area contributed by atoms with E-state index in [9.17, 15) is 0 Å². The Labute approximate surface area is 332 Å². The van der Waals surface area contributed by atoms with Gasteiger partial charge in [0.15, 0.2) is 0 Å². The third-order valence-electron chi connectivity index (χ3n) is 11.7. The van der Waals surface area contributed by atoms with Crippen molar-refractivity contribution in [3.8, 4) is 44.5 Å². The van der Waals surface area contributed by atoms with E-state index in [4.69, 9.17) is 0 Å². The zero-order valence-electron chi connectivity index (χ0n) is 30.3. The molecule has 56 heavy (non-hydrogen) atoms. The molecule has 0 fully saturated rings. The molecular weight excluding hydrogens is 713 g/mol. The van der Waals surface area contributed by atoms with Gasteiger partial charge < -0.3 is 0 Å². The first-order valence-electron chi connectivity index (χ1n) is 19.2. The Morgan fingerprint density at radius 2 is 0.714 bits per heavy atom. The highest BCUT2D eigenvalue weighted by atomic mass is 32.1. The minimum atomic E-state index is 1.23. The first-order valence-corrected chi connectivity index (χ1v) is 20.8. The number of thiophene rings is 2. The van der Waals surface area contributed by atoms with Crippen molar-refractivity contribution in [1.29, 1.82) is 0 Å². The highest BCUT2D eigenvalue weighted by molar-refractivity contribution is 7.26. The zero-order chi connectivity index (χ0) is 36.7. The summed E-state index contributed by atoms with van der Waals surface area (Å²) < 4.78 is 5.32. The molecule has 0 N–H and O–H groups in total. The van der Waals surface area contributed by atoms with Gasteiger partial charge in [0, 0.05) is 51.5 Å². The fourth-order valence-corrected chi connectivity index (χ4v) is 11.6. The van der Waals surface area contributed by atoms with Crippen molar-refractivity contribution in [3.63, 3.8) is 0 Å². The lowest BCUT2D eigenvalue weighted by atomic mass is 9.84. The molecule has 0 nitrogen and oxygen atoms in total. The van der Waals surface area contributed by atoms with Gasteiger partial charge in [-0.15, -0.1) is 22.7 Å². The highest BCUT2D eigenvalue weighted by Crippen LogP contribution is 2.49. The van der Waals surface area contributed by atoms with Gasteiger partial charge in [-0.2, -0.15) is 0 Å². The van der Waals surface area contributed by atoms with Gasteiger partial charge in [-0.05, 0) is 96.0 Å². The summed E-state index contributed by atoms with van der Waals surface area (Å²) in [6.45, 7) is 0. The van der Waals surface area contributed by atoms with Crippen LogP contribution < -0.4 is 0 Å². The van der Waals surface area contributed by atoms with Crippen LogP contribution in [0.25, 0.3) is 117 Å². The molecule has 12 rings (SSSR count). The van der Waals surface area contributed by atoms with Crippen LogP contribution in [-0.4, -0.2) is 0 Å². The molecule has 0 aliphatic rings. The van der Waals surface area contributed by atoms with Crippen LogP contribution in [-0.2, 0) is 0 Å². The van der Waals surface area contributed by atoms with Gasteiger partial charge in [0.05, 0.1) is 0 Å². The maximum Gasteiger partial charge on any atom is 0.0434 e. The van der Waals surface area contributed by atoms with Crippen LogP contribution in [0, 0.1) is 0 Å². The summed E-state index contributed by atoms with van der Waals surface area (Å²) in [4.78, 5) is 0. The van der Waals surface area contributed by atoms with E-state index in [-0.39, 0.29) is 0 Å². The summed E-state index contributed by atoms with van der Waals surface area (Å²) in [6, 6.07) is 72.3. The Morgan fingerprint density at radius 1 is 0.250 bits per heavy atom. The van der Waals surface area contributed by atoms with Crippen molar-refractivity contribution in [3.05, 3.63) is 194 Å². The summed E-state index contributed by atoms with van der Waals surface area (Å²) in [6.07, 6.45) is 0. The molecule has 0 saturated carbocycles. The molecule has 2 aromatic heterocycles. The van der Waals surface area contributed by atoms with Gasteiger partial charge in [0.1, 0.15) is 0 Å². The average molecular weight is 745 g/mol. The van der Waals surface area contributed by atoms with E-state index >= 15 is 0 Å². The molecule has 0 spiro atoms. The molecule has 0 amide bonds. The van der Waals surface area contributed by atoms with E-state index in [2.05, 4.69) is 194 Å². The topological polar surface area (TPSA) is 0 Å². The minimum Gasteiger partial charge on any atom is -0.135 e. The molecule has 260 valence electrons. The van der Waals surface area contributed by atoms with Crippen molar-refractivity contribution in [1.82, 2.24) is 0 Å². The van der Waals surface area contributed by atoms with Crippen LogP contribution >= 0.6 is 22.7 Å². The van der Waals surface area contributed by atoms with E-state index < -0.39 is 0 Å². The standard InChI is InChI=1S/C54H32S2/c1-2-14-33(15-3-1)47-31-35(30-34-16-4-5-17-36(34)47)52-41-22-10-20-37(43-24-12-26-45-39-18-6-8-28-50(39)55-53(43)45)48(41)32-49-38(21-11-23-42(49)52)44-25-13-27-46-40-19-7-9-29-51(40)56-54(44)46/h1-32H. The second-order valence-electron chi connectivity index (χ2n) is 14.7. The summed E-state index contributed by atoms with van der Waals surface area (Å²) in [5, 5.41) is 12.9. The molecule has 0 aliphatic heterocycles. The summed E-state index contributed by atoms with van der Waals surface area (Å²) in [7, 11) is 0. The second-order valence-corrected chi connectivity index (χ2v) is 16.8.